The number of carbonyl (C=O) groups is 2. The van der Waals surface area contributed by atoms with Gasteiger partial charge in [0, 0.05) is 33.9 Å². The molecule has 2 amide bonds. The molecule has 1 aliphatic heterocycles. The van der Waals surface area contributed by atoms with Crippen LogP contribution in [0, 0.1) is 5.92 Å². The molecule has 0 radical (unpaired) electrons. The summed E-state index contributed by atoms with van der Waals surface area (Å²) in [6.07, 6.45) is 1.70. The number of anilines is 2. The average molecular weight is 408 g/mol. The van der Waals surface area contributed by atoms with Gasteiger partial charge in [-0.2, -0.15) is 0 Å². The van der Waals surface area contributed by atoms with Crippen LogP contribution in [0.15, 0.2) is 48.5 Å². The van der Waals surface area contributed by atoms with Gasteiger partial charge in [-0.25, -0.2) is 0 Å². The number of hydrogen-bond acceptors (Lipinski definition) is 3. The fraction of sp³-hybridized carbons (Fsp3) is 0.300. The second-order valence-electron chi connectivity index (χ2n) is 6.60. The van der Waals surface area contributed by atoms with Gasteiger partial charge in [0.1, 0.15) is 0 Å². The first-order valence-corrected chi connectivity index (χ1v) is 9.10. The maximum absolute atomic E-state index is 12.4. The second-order valence-corrected chi connectivity index (χ2v) is 7.04. The van der Waals surface area contributed by atoms with Crippen LogP contribution < -0.4 is 16.0 Å². The highest BCUT2D eigenvalue weighted by atomic mass is 35.5. The van der Waals surface area contributed by atoms with Crippen LogP contribution in [0.3, 0.4) is 0 Å². The van der Waals surface area contributed by atoms with Crippen molar-refractivity contribution in [1.82, 2.24) is 5.32 Å². The number of hydrogen-bond donors (Lipinski definition) is 3. The summed E-state index contributed by atoms with van der Waals surface area (Å²) in [6.45, 7) is 2.96. The smallest absolute Gasteiger partial charge is 0.255 e. The van der Waals surface area contributed by atoms with Crippen LogP contribution in [0.4, 0.5) is 11.4 Å². The number of amides is 2. The highest BCUT2D eigenvalue weighted by Crippen LogP contribution is 2.20. The van der Waals surface area contributed by atoms with Crippen molar-refractivity contribution in [3.8, 4) is 0 Å². The summed E-state index contributed by atoms with van der Waals surface area (Å²) in [6, 6.07) is 14.2. The van der Waals surface area contributed by atoms with Gasteiger partial charge in [-0.05, 0) is 74.8 Å². The first kappa shape index (κ1) is 21.2. The van der Waals surface area contributed by atoms with Crippen LogP contribution in [-0.4, -0.2) is 24.4 Å². The zero-order valence-corrected chi connectivity index (χ0v) is 16.6. The minimum Gasteiger partial charge on any atom is -0.326 e. The summed E-state index contributed by atoms with van der Waals surface area (Å²) in [4.78, 5) is 24.6. The number of piperidine rings is 1. The fourth-order valence-corrected chi connectivity index (χ4v) is 3.18. The lowest BCUT2D eigenvalue weighted by Gasteiger charge is -2.27. The Bertz CT molecular complexity index is 779. The van der Waals surface area contributed by atoms with Crippen LogP contribution in [0.25, 0.3) is 0 Å². The van der Waals surface area contributed by atoms with Gasteiger partial charge in [0.2, 0.25) is 5.91 Å². The molecule has 0 aromatic heterocycles. The quantitative estimate of drug-likeness (QED) is 0.705. The van der Waals surface area contributed by atoms with Crippen molar-refractivity contribution in [3.63, 3.8) is 0 Å². The molecule has 5 nitrogen and oxygen atoms in total. The van der Waals surface area contributed by atoms with Crippen molar-refractivity contribution in [3.05, 3.63) is 59.1 Å². The van der Waals surface area contributed by atoms with E-state index < -0.39 is 0 Å². The van der Waals surface area contributed by atoms with E-state index in [2.05, 4.69) is 22.9 Å². The molecule has 0 bridgehead atoms. The first-order chi connectivity index (χ1) is 12.5. The van der Waals surface area contributed by atoms with Crippen LogP contribution in [0.2, 0.25) is 5.02 Å². The largest absolute Gasteiger partial charge is 0.326 e. The van der Waals surface area contributed by atoms with Crippen LogP contribution >= 0.6 is 24.0 Å². The summed E-state index contributed by atoms with van der Waals surface area (Å²) in [5, 5.41) is 9.71. The molecule has 144 valence electrons. The van der Waals surface area contributed by atoms with E-state index in [1.54, 1.807) is 48.5 Å². The van der Waals surface area contributed by atoms with Crippen molar-refractivity contribution in [2.75, 3.05) is 17.2 Å². The van der Waals surface area contributed by atoms with E-state index >= 15 is 0 Å². The molecule has 1 aliphatic rings. The summed E-state index contributed by atoms with van der Waals surface area (Å²) in [5.74, 6) is -0.117. The molecule has 1 heterocycles. The van der Waals surface area contributed by atoms with Gasteiger partial charge in [0.25, 0.3) is 5.91 Å². The topological polar surface area (TPSA) is 70.2 Å². The number of carbonyl (C=O) groups excluding carboxylic acids is 2. The summed E-state index contributed by atoms with van der Waals surface area (Å²) in [5.41, 5.74) is 1.93. The van der Waals surface area contributed by atoms with Crippen molar-refractivity contribution >= 4 is 47.2 Å². The molecule has 0 unspecified atom stereocenters. The van der Waals surface area contributed by atoms with Crippen LogP contribution in [0.1, 0.15) is 30.1 Å². The molecular weight excluding hydrogens is 385 g/mol. The van der Waals surface area contributed by atoms with E-state index in [1.807, 2.05) is 0 Å². The van der Waals surface area contributed by atoms with E-state index in [9.17, 15) is 9.59 Å². The van der Waals surface area contributed by atoms with Gasteiger partial charge in [-0.15, -0.1) is 12.4 Å². The zero-order chi connectivity index (χ0) is 18.5. The molecular formula is C20H23Cl2N3O2. The van der Waals surface area contributed by atoms with Gasteiger partial charge in [-0.3, -0.25) is 9.59 Å². The molecule has 7 heteroatoms. The summed E-state index contributed by atoms with van der Waals surface area (Å²) in [7, 11) is 0. The van der Waals surface area contributed by atoms with Crippen LogP contribution in [0.5, 0.6) is 0 Å². The Labute approximate surface area is 170 Å². The maximum atomic E-state index is 12.4. The molecule has 27 heavy (non-hydrogen) atoms. The predicted molar refractivity (Wildman–Crippen MR) is 112 cm³/mol. The molecule has 1 saturated heterocycles. The Kier molecular flexibility index (Phi) is 7.66. The number of benzene rings is 2. The average Bonchev–Trinajstić information content (AvgIpc) is 2.64. The third-order valence-corrected chi connectivity index (χ3v) is 4.76. The lowest BCUT2D eigenvalue weighted by molar-refractivity contribution is -0.120. The molecule has 2 atom stereocenters. The molecule has 3 N–H and O–H groups in total. The monoisotopic (exact) mass is 407 g/mol. The molecule has 0 saturated carbocycles. The molecule has 2 aromatic carbocycles. The maximum Gasteiger partial charge on any atom is 0.255 e. The molecule has 3 rings (SSSR count). The Morgan fingerprint density at radius 2 is 1.59 bits per heavy atom. The van der Waals surface area contributed by atoms with Crippen LogP contribution in [-0.2, 0) is 4.79 Å². The predicted octanol–water partition coefficient (Wildman–Crippen LogP) is 4.34. The molecule has 1 fully saturated rings. The number of nitrogens with one attached hydrogen (secondary N) is 3. The third kappa shape index (κ3) is 5.96. The molecule has 0 spiro atoms. The fourth-order valence-electron chi connectivity index (χ4n) is 3.06. The van der Waals surface area contributed by atoms with E-state index in [4.69, 9.17) is 11.6 Å². The van der Waals surface area contributed by atoms with Crippen molar-refractivity contribution < 1.29 is 9.59 Å². The van der Waals surface area contributed by atoms with Gasteiger partial charge in [0.05, 0.1) is 0 Å². The SMILES string of the molecule is C[C@H]1C[C@@H](C(=O)Nc2ccc(NC(=O)c3ccc(Cl)cc3)cc2)CCN1.Cl. The Morgan fingerprint density at radius 1 is 1.00 bits per heavy atom. The lowest BCUT2D eigenvalue weighted by Crippen LogP contribution is -2.40. The van der Waals surface area contributed by atoms with Crippen molar-refractivity contribution in [1.29, 1.82) is 0 Å². The van der Waals surface area contributed by atoms with E-state index in [-0.39, 0.29) is 30.1 Å². The molecule has 2 aromatic rings. The van der Waals surface area contributed by atoms with E-state index in [1.165, 1.54) is 0 Å². The lowest BCUT2D eigenvalue weighted by atomic mass is 9.92. The Morgan fingerprint density at radius 3 is 2.19 bits per heavy atom. The third-order valence-electron chi connectivity index (χ3n) is 4.51. The number of rotatable bonds is 4. The van der Waals surface area contributed by atoms with E-state index in [0.717, 1.165) is 25.1 Å². The Balaban J connectivity index is 0.00000261. The van der Waals surface area contributed by atoms with Crippen molar-refractivity contribution in [2.24, 2.45) is 5.92 Å². The number of halogens is 2. The Hall–Kier alpha value is -2.08. The van der Waals surface area contributed by atoms with Gasteiger partial charge in [-0.1, -0.05) is 11.6 Å². The van der Waals surface area contributed by atoms with Gasteiger partial charge < -0.3 is 16.0 Å². The molecule has 0 aliphatic carbocycles. The summed E-state index contributed by atoms with van der Waals surface area (Å²) >= 11 is 5.83. The second kappa shape index (κ2) is 9.74. The first-order valence-electron chi connectivity index (χ1n) is 8.72. The zero-order valence-electron chi connectivity index (χ0n) is 15.0. The normalized spacial score (nSPS) is 18.9. The minimum atomic E-state index is -0.206. The van der Waals surface area contributed by atoms with Crippen molar-refractivity contribution in [2.45, 2.75) is 25.8 Å². The highest BCUT2D eigenvalue weighted by Gasteiger charge is 2.24. The summed E-state index contributed by atoms with van der Waals surface area (Å²) < 4.78 is 0. The minimum absolute atomic E-state index is 0. The standard InChI is InChI=1S/C20H22ClN3O2.ClH/c1-13-12-15(10-11-22-13)20(26)24-18-8-6-17(7-9-18)23-19(25)14-2-4-16(21)5-3-14;/h2-9,13,15,22H,10-12H2,1H3,(H,23,25)(H,24,26);1H/t13-,15-;/m0./s1. The highest BCUT2D eigenvalue weighted by molar-refractivity contribution is 6.30. The van der Waals surface area contributed by atoms with Gasteiger partial charge >= 0.3 is 0 Å². The van der Waals surface area contributed by atoms with Gasteiger partial charge in [0.15, 0.2) is 0 Å². The van der Waals surface area contributed by atoms with E-state index in [0.29, 0.717) is 22.3 Å².